The van der Waals surface area contributed by atoms with Crippen LogP contribution >= 0.6 is 11.6 Å². The molecular weight excluding hydrogens is 540 g/mol. The molecule has 0 aliphatic carbocycles. The molecule has 14 heteroatoms. The Kier molecular flexibility index (Phi) is 7.49. The van der Waals surface area contributed by atoms with Gasteiger partial charge in [-0.25, -0.2) is 9.48 Å². The molecule has 4 aromatic rings. The summed E-state index contributed by atoms with van der Waals surface area (Å²) in [6, 6.07) is 12.8. The van der Waals surface area contributed by atoms with E-state index < -0.39 is 34.5 Å². The smallest absolute Gasteiger partial charge is 0.417 e. The highest BCUT2D eigenvalue weighted by Crippen LogP contribution is 2.36. The third-order valence-corrected chi connectivity index (χ3v) is 5.34. The van der Waals surface area contributed by atoms with E-state index in [2.05, 4.69) is 20.9 Å². The highest BCUT2D eigenvalue weighted by atomic mass is 35.5. The summed E-state index contributed by atoms with van der Waals surface area (Å²) in [7, 11) is 0. The molecule has 1 aromatic heterocycles. The molecule has 0 atom stereocenters. The van der Waals surface area contributed by atoms with Crippen molar-refractivity contribution in [2.75, 3.05) is 10.6 Å². The molecule has 0 radical (unpaired) electrons. The predicted molar refractivity (Wildman–Crippen MR) is 126 cm³/mol. The number of hydrogen-bond donors (Lipinski definition) is 2. The van der Waals surface area contributed by atoms with Crippen LogP contribution in [0.3, 0.4) is 0 Å². The van der Waals surface area contributed by atoms with Crippen LogP contribution in [-0.4, -0.2) is 21.0 Å². The second-order valence-corrected chi connectivity index (χ2v) is 8.19. The molecule has 0 unspecified atom stereocenters. The third-order valence-electron chi connectivity index (χ3n) is 5.01. The Bertz CT molecular complexity index is 1440. The molecule has 2 N–H and O–H groups in total. The van der Waals surface area contributed by atoms with Gasteiger partial charge in [-0.15, -0.1) is 5.10 Å². The number of anilines is 2. The zero-order valence-corrected chi connectivity index (χ0v) is 19.7. The van der Waals surface area contributed by atoms with Gasteiger partial charge in [0.1, 0.15) is 18.1 Å². The van der Waals surface area contributed by atoms with Gasteiger partial charge in [0, 0.05) is 17.4 Å². The van der Waals surface area contributed by atoms with E-state index in [-0.39, 0.29) is 12.3 Å². The topological polar surface area (TPSA) is 81.1 Å². The van der Waals surface area contributed by atoms with Crippen LogP contribution in [0.25, 0.3) is 5.69 Å². The van der Waals surface area contributed by atoms with Crippen LogP contribution in [0.5, 0.6) is 5.75 Å². The first-order chi connectivity index (χ1) is 17.9. The minimum atomic E-state index is -4.68. The van der Waals surface area contributed by atoms with Crippen molar-refractivity contribution >= 4 is 29.0 Å². The fourth-order valence-electron chi connectivity index (χ4n) is 3.23. The van der Waals surface area contributed by atoms with Crippen LogP contribution in [0.2, 0.25) is 5.02 Å². The van der Waals surface area contributed by atoms with E-state index in [1.807, 2.05) is 0 Å². The number of hydrogen-bond acceptors (Lipinski definition) is 4. The fourth-order valence-corrected chi connectivity index (χ4v) is 3.45. The van der Waals surface area contributed by atoms with Crippen LogP contribution in [0.15, 0.2) is 72.9 Å². The molecule has 0 spiro atoms. The highest BCUT2D eigenvalue weighted by molar-refractivity contribution is 6.31. The molecule has 1 heterocycles. The number of benzene rings is 3. The van der Waals surface area contributed by atoms with Crippen LogP contribution in [0, 0.1) is 0 Å². The summed E-state index contributed by atoms with van der Waals surface area (Å²) < 4.78 is 84.2. The number of amides is 2. The maximum Gasteiger partial charge on any atom is 0.417 e. The van der Waals surface area contributed by atoms with Crippen molar-refractivity contribution in [2.24, 2.45) is 0 Å². The van der Waals surface area contributed by atoms with Gasteiger partial charge >= 0.3 is 18.4 Å². The maximum absolute atomic E-state index is 13.0. The second kappa shape index (κ2) is 10.6. The van der Waals surface area contributed by atoms with Crippen molar-refractivity contribution in [3.63, 3.8) is 0 Å². The van der Waals surface area contributed by atoms with Crippen molar-refractivity contribution in [3.05, 3.63) is 94.8 Å². The first-order valence-corrected chi connectivity index (χ1v) is 11.0. The zero-order chi connectivity index (χ0) is 27.5. The molecule has 0 aliphatic heterocycles. The summed E-state index contributed by atoms with van der Waals surface area (Å²) in [4.78, 5) is 12.3. The van der Waals surface area contributed by atoms with Gasteiger partial charge in [-0.3, -0.25) is 0 Å². The quantitative estimate of drug-likeness (QED) is 0.247. The highest BCUT2D eigenvalue weighted by Gasteiger charge is 2.33. The standard InChI is InChI=1S/C24H16ClF6N5O2/c25-21-9-6-16(11-20(21)24(29,30)31)33-22(37)32-15-2-1-3-19(10-15)38-13-17-12-36(35-34-17)18-7-4-14(5-8-18)23(26,27)28/h1-12H,13H2,(H2,32,33,37). The molecular formula is C24H16ClF6N5O2. The Hall–Kier alpha value is -4.26. The Morgan fingerprint density at radius 3 is 2.24 bits per heavy atom. The number of halogens is 7. The number of alkyl halides is 6. The molecule has 198 valence electrons. The van der Waals surface area contributed by atoms with Gasteiger partial charge in [-0.05, 0) is 54.6 Å². The largest absolute Gasteiger partial charge is 0.487 e. The van der Waals surface area contributed by atoms with Gasteiger partial charge in [0.05, 0.1) is 28.0 Å². The Morgan fingerprint density at radius 1 is 0.895 bits per heavy atom. The summed E-state index contributed by atoms with van der Waals surface area (Å²) >= 11 is 5.58. The summed E-state index contributed by atoms with van der Waals surface area (Å²) in [5.74, 6) is 0.331. The lowest BCUT2D eigenvalue weighted by molar-refractivity contribution is -0.138. The number of carbonyl (C=O) groups excluding carboxylic acids is 1. The van der Waals surface area contributed by atoms with Gasteiger partial charge in [0.25, 0.3) is 0 Å². The number of rotatable bonds is 6. The molecule has 0 fully saturated rings. The average Bonchev–Trinajstić information content (AvgIpc) is 3.32. The molecule has 0 bridgehead atoms. The first-order valence-electron chi connectivity index (χ1n) is 10.6. The number of ether oxygens (including phenoxy) is 1. The number of nitrogens with zero attached hydrogens (tertiary/aromatic N) is 3. The van der Waals surface area contributed by atoms with Crippen molar-refractivity contribution < 1.29 is 35.9 Å². The van der Waals surface area contributed by atoms with E-state index in [0.717, 1.165) is 24.3 Å². The van der Waals surface area contributed by atoms with Crippen LogP contribution in [-0.2, 0) is 19.0 Å². The lowest BCUT2D eigenvalue weighted by Gasteiger charge is -2.13. The minimum Gasteiger partial charge on any atom is -0.487 e. The van der Waals surface area contributed by atoms with E-state index >= 15 is 0 Å². The third kappa shape index (κ3) is 6.73. The van der Waals surface area contributed by atoms with Crippen LogP contribution < -0.4 is 15.4 Å². The molecule has 0 saturated heterocycles. The lowest BCUT2D eigenvalue weighted by Crippen LogP contribution is -2.20. The Labute approximate surface area is 216 Å². The van der Waals surface area contributed by atoms with E-state index in [0.29, 0.717) is 22.8 Å². The first kappa shape index (κ1) is 26.8. The maximum atomic E-state index is 13.0. The molecule has 3 aromatic carbocycles. The zero-order valence-electron chi connectivity index (χ0n) is 18.9. The summed E-state index contributed by atoms with van der Waals surface area (Å²) in [5, 5.41) is 12.1. The van der Waals surface area contributed by atoms with Crippen molar-refractivity contribution in [1.29, 1.82) is 0 Å². The van der Waals surface area contributed by atoms with E-state index in [1.54, 1.807) is 12.1 Å². The van der Waals surface area contributed by atoms with E-state index in [4.69, 9.17) is 16.3 Å². The van der Waals surface area contributed by atoms with Gasteiger partial charge in [-0.2, -0.15) is 26.3 Å². The predicted octanol–water partition coefficient (Wildman–Crippen LogP) is 7.18. The van der Waals surface area contributed by atoms with Crippen molar-refractivity contribution in [1.82, 2.24) is 15.0 Å². The number of nitrogens with one attached hydrogen (secondary N) is 2. The molecule has 2 amide bonds. The fraction of sp³-hybridized carbons (Fsp3) is 0.125. The molecule has 0 saturated carbocycles. The van der Waals surface area contributed by atoms with Gasteiger partial charge < -0.3 is 15.4 Å². The number of aromatic nitrogens is 3. The molecule has 7 nitrogen and oxygen atoms in total. The minimum absolute atomic E-state index is 0.0404. The van der Waals surface area contributed by atoms with E-state index in [9.17, 15) is 31.1 Å². The molecule has 38 heavy (non-hydrogen) atoms. The average molecular weight is 556 g/mol. The van der Waals surface area contributed by atoms with Crippen LogP contribution in [0.4, 0.5) is 42.5 Å². The molecule has 0 aliphatic rings. The summed E-state index contributed by atoms with van der Waals surface area (Å²) in [5.41, 5.74) is -0.934. The summed E-state index contributed by atoms with van der Waals surface area (Å²) in [6.45, 7) is -0.0404. The number of carbonyl (C=O) groups is 1. The normalized spacial score (nSPS) is 11.8. The van der Waals surface area contributed by atoms with Crippen molar-refractivity contribution in [3.8, 4) is 11.4 Å². The van der Waals surface area contributed by atoms with Gasteiger partial charge in [0.2, 0.25) is 0 Å². The lowest BCUT2D eigenvalue weighted by atomic mass is 10.2. The summed E-state index contributed by atoms with van der Waals surface area (Å²) in [6.07, 6.45) is -7.64. The van der Waals surface area contributed by atoms with Crippen molar-refractivity contribution in [2.45, 2.75) is 19.0 Å². The number of urea groups is 1. The monoisotopic (exact) mass is 555 g/mol. The van der Waals surface area contributed by atoms with E-state index in [1.165, 1.54) is 41.2 Å². The second-order valence-electron chi connectivity index (χ2n) is 7.79. The van der Waals surface area contributed by atoms with Gasteiger partial charge in [0.15, 0.2) is 0 Å². The van der Waals surface area contributed by atoms with Crippen LogP contribution in [0.1, 0.15) is 16.8 Å². The SMILES string of the molecule is O=C(Nc1cccc(OCc2cn(-c3ccc(C(F)(F)F)cc3)nn2)c1)Nc1ccc(Cl)c(C(F)(F)F)c1. The van der Waals surface area contributed by atoms with Gasteiger partial charge in [-0.1, -0.05) is 22.9 Å². The molecule has 4 rings (SSSR count). The Morgan fingerprint density at radius 2 is 1.58 bits per heavy atom. The Balaban J connectivity index is 1.35.